The van der Waals surface area contributed by atoms with Gasteiger partial charge >= 0.3 is 6.18 Å². The van der Waals surface area contributed by atoms with E-state index in [1.165, 1.54) is 0 Å². The number of aliphatic hydroxyl groups excluding tert-OH is 1. The number of rotatable bonds is 3. The third kappa shape index (κ3) is 3.48. The minimum absolute atomic E-state index is 0.324. The molecule has 0 bridgehead atoms. The molecule has 0 radical (unpaired) electrons. The largest absolute Gasteiger partial charge is 0.389 e. The van der Waals surface area contributed by atoms with Crippen molar-refractivity contribution in [2.45, 2.75) is 25.1 Å². The van der Waals surface area contributed by atoms with Crippen molar-refractivity contribution in [2.24, 2.45) is 0 Å². The van der Waals surface area contributed by atoms with Crippen LogP contribution in [0.15, 0.2) is 11.4 Å². The molecule has 1 unspecified atom stereocenters. The molecule has 6 heteroatoms. The van der Waals surface area contributed by atoms with Crippen LogP contribution in [-0.4, -0.2) is 11.3 Å². The molecular weight excluding hydrogens is 237 g/mol. The summed E-state index contributed by atoms with van der Waals surface area (Å²) in [5.41, 5.74) is 0. The third-order valence-electron chi connectivity index (χ3n) is 1.65. The van der Waals surface area contributed by atoms with E-state index in [0.717, 1.165) is 11.3 Å². The first-order chi connectivity index (χ1) is 6.40. The van der Waals surface area contributed by atoms with Gasteiger partial charge in [0.15, 0.2) is 0 Å². The predicted octanol–water partition coefficient (Wildman–Crippen LogP) is 3.78. The maximum atomic E-state index is 11.8. The number of thiophene rings is 1. The van der Waals surface area contributed by atoms with Gasteiger partial charge in [0.05, 0.1) is 16.0 Å². The van der Waals surface area contributed by atoms with E-state index in [-0.39, 0.29) is 6.42 Å². The Labute approximate surface area is 88.1 Å². The first-order valence-electron chi connectivity index (χ1n) is 3.88. The average Bonchev–Trinajstić information content (AvgIpc) is 2.46. The van der Waals surface area contributed by atoms with Crippen molar-refractivity contribution in [1.29, 1.82) is 0 Å². The molecule has 0 aliphatic carbocycles. The number of halogens is 4. The van der Waals surface area contributed by atoms with Crippen molar-refractivity contribution in [2.75, 3.05) is 0 Å². The first-order valence-corrected chi connectivity index (χ1v) is 5.13. The topological polar surface area (TPSA) is 20.2 Å². The fourth-order valence-corrected chi connectivity index (χ4v) is 2.18. The number of hydrogen-bond donors (Lipinski definition) is 1. The zero-order valence-corrected chi connectivity index (χ0v) is 8.59. The van der Waals surface area contributed by atoms with Crippen LogP contribution in [0.5, 0.6) is 0 Å². The first kappa shape index (κ1) is 11.8. The molecule has 1 heterocycles. The lowest BCUT2D eigenvalue weighted by Crippen LogP contribution is -2.09. The van der Waals surface area contributed by atoms with E-state index < -0.39 is 18.7 Å². The van der Waals surface area contributed by atoms with Crippen LogP contribution >= 0.6 is 22.9 Å². The highest BCUT2D eigenvalue weighted by molar-refractivity contribution is 7.10. The Bertz CT molecular complexity index is 297. The predicted molar refractivity (Wildman–Crippen MR) is 49.6 cm³/mol. The third-order valence-corrected chi connectivity index (χ3v) is 3.11. The Morgan fingerprint density at radius 1 is 1.50 bits per heavy atom. The van der Waals surface area contributed by atoms with E-state index in [2.05, 4.69) is 0 Å². The standard InChI is InChI=1S/C8H8ClF3OS/c9-5-2-4-14-7(5)6(13)1-3-8(10,11)12/h2,4,6,13H,1,3H2. The van der Waals surface area contributed by atoms with Crippen LogP contribution in [0.1, 0.15) is 23.8 Å². The van der Waals surface area contributed by atoms with E-state index in [4.69, 9.17) is 11.6 Å². The molecule has 1 atom stereocenters. The number of alkyl halides is 3. The summed E-state index contributed by atoms with van der Waals surface area (Å²) in [4.78, 5) is 0.399. The molecule has 1 aromatic rings. The highest BCUT2D eigenvalue weighted by atomic mass is 35.5. The summed E-state index contributed by atoms with van der Waals surface area (Å²) in [6.45, 7) is 0. The normalized spacial score (nSPS) is 14.4. The quantitative estimate of drug-likeness (QED) is 0.858. The average molecular weight is 245 g/mol. The molecule has 0 fully saturated rings. The van der Waals surface area contributed by atoms with Crippen LogP contribution in [0.3, 0.4) is 0 Å². The Morgan fingerprint density at radius 3 is 2.57 bits per heavy atom. The summed E-state index contributed by atoms with van der Waals surface area (Å²) in [5, 5.41) is 11.3. The molecule has 1 N–H and O–H groups in total. The van der Waals surface area contributed by atoms with Crippen molar-refractivity contribution in [1.82, 2.24) is 0 Å². The van der Waals surface area contributed by atoms with Crippen LogP contribution in [0.2, 0.25) is 5.02 Å². The van der Waals surface area contributed by atoms with Gasteiger partial charge in [-0.05, 0) is 17.9 Å². The van der Waals surface area contributed by atoms with Crippen molar-refractivity contribution in [3.05, 3.63) is 21.3 Å². The van der Waals surface area contributed by atoms with Crippen LogP contribution in [0.25, 0.3) is 0 Å². The molecule has 0 aliphatic heterocycles. The molecule has 0 aliphatic rings. The van der Waals surface area contributed by atoms with Gasteiger partial charge < -0.3 is 5.11 Å². The van der Waals surface area contributed by atoms with E-state index in [0.29, 0.717) is 9.90 Å². The fraction of sp³-hybridized carbons (Fsp3) is 0.500. The molecule has 1 nitrogen and oxygen atoms in total. The highest BCUT2D eigenvalue weighted by Gasteiger charge is 2.28. The van der Waals surface area contributed by atoms with Gasteiger partial charge in [0.25, 0.3) is 0 Å². The van der Waals surface area contributed by atoms with Crippen LogP contribution < -0.4 is 0 Å². The second kappa shape index (κ2) is 4.51. The lowest BCUT2D eigenvalue weighted by Gasteiger charge is -2.10. The Kier molecular flexibility index (Phi) is 3.80. The van der Waals surface area contributed by atoms with Gasteiger partial charge in [-0.15, -0.1) is 11.3 Å². The van der Waals surface area contributed by atoms with Crippen molar-refractivity contribution >= 4 is 22.9 Å². The molecule has 0 saturated heterocycles. The van der Waals surface area contributed by atoms with E-state index >= 15 is 0 Å². The molecule has 0 aromatic carbocycles. The van der Waals surface area contributed by atoms with Crippen LogP contribution in [-0.2, 0) is 0 Å². The fourth-order valence-electron chi connectivity index (χ4n) is 0.975. The maximum Gasteiger partial charge on any atom is 0.389 e. The summed E-state index contributed by atoms with van der Waals surface area (Å²) in [6.07, 6.45) is -6.69. The van der Waals surface area contributed by atoms with Crippen LogP contribution in [0.4, 0.5) is 13.2 Å². The minimum atomic E-state index is -4.23. The monoisotopic (exact) mass is 244 g/mol. The second-order valence-electron chi connectivity index (χ2n) is 2.80. The lowest BCUT2D eigenvalue weighted by atomic mass is 10.1. The molecule has 0 spiro atoms. The number of hydrogen-bond acceptors (Lipinski definition) is 2. The van der Waals surface area contributed by atoms with E-state index in [1.54, 1.807) is 11.4 Å². The molecule has 0 saturated carbocycles. The Hall–Kier alpha value is -0.260. The SMILES string of the molecule is OC(CCC(F)(F)F)c1sccc1Cl. The van der Waals surface area contributed by atoms with Gasteiger partial charge in [0.2, 0.25) is 0 Å². The maximum absolute atomic E-state index is 11.8. The molecule has 1 aromatic heterocycles. The summed E-state index contributed by atoms with van der Waals surface area (Å²) in [6, 6.07) is 1.55. The van der Waals surface area contributed by atoms with Gasteiger partial charge in [-0.25, -0.2) is 0 Å². The van der Waals surface area contributed by atoms with Crippen molar-refractivity contribution < 1.29 is 18.3 Å². The van der Waals surface area contributed by atoms with Gasteiger partial charge in [0.1, 0.15) is 0 Å². The van der Waals surface area contributed by atoms with E-state index in [9.17, 15) is 18.3 Å². The highest BCUT2D eigenvalue weighted by Crippen LogP contribution is 2.33. The Morgan fingerprint density at radius 2 is 2.14 bits per heavy atom. The summed E-state index contributed by atoms with van der Waals surface area (Å²) < 4.78 is 35.5. The van der Waals surface area contributed by atoms with Crippen molar-refractivity contribution in [3.63, 3.8) is 0 Å². The molecule has 0 amide bonds. The van der Waals surface area contributed by atoms with Gasteiger partial charge in [-0.1, -0.05) is 11.6 Å². The summed E-state index contributed by atoms with van der Waals surface area (Å²) in [5.74, 6) is 0. The van der Waals surface area contributed by atoms with Crippen molar-refractivity contribution in [3.8, 4) is 0 Å². The minimum Gasteiger partial charge on any atom is -0.388 e. The summed E-state index contributed by atoms with van der Waals surface area (Å²) in [7, 11) is 0. The van der Waals surface area contributed by atoms with E-state index in [1.807, 2.05) is 0 Å². The van der Waals surface area contributed by atoms with Gasteiger partial charge in [-0.2, -0.15) is 13.2 Å². The molecule has 80 valence electrons. The van der Waals surface area contributed by atoms with Gasteiger partial charge in [0, 0.05) is 6.42 Å². The number of aliphatic hydroxyl groups is 1. The molecular formula is C8H8ClF3OS. The zero-order chi connectivity index (χ0) is 10.8. The smallest absolute Gasteiger partial charge is 0.388 e. The summed E-state index contributed by atoms with van der Waals surface area (Å²) >= 11 is 6.81. The Balaban J connectivity index is 2.51. The van der Waals surface area contributed by atoms with Gasteiger partial charge in [-0.3, -0.25) is 0 Å². The van der Waals surface area contributed by atoms with Crippen LogP contribution in [0, 0.1) is 0 Å². The molecule has 1 rings (SSSR count). The lowest BCUT2D eigenvalue weighted by molar-refractivity contribution is -0.140. The second-order valence-corrected chi connectivity index (χ2v) is 4.16. The molecule has 14 heavy (non-hydrogen) atoms. The zero-order valence-electron chi connectivity index (χ0n) is 7.01.